The lowest BCUT2D eigenvalue weighted by Gasteiger charge is -2.32. The first-order chi connectivity index (χ1) is 20.2. The molecule has 0 unspecified atom stereocenters. The van der Waals surface area contributed by atoms with Gasteiger partial charge in [-0.1, -0.05) is 60.9 Å². The quantitative estimate of drug-likeness (QED) is 0.298. The van der Waals surface area contributed by atoms with Gasteiger partial charge >= 0.3 is 0 Å². The van der Waals surface area contributed by atoms with Crippen molar-refractivity contribution in [3.8, 4) is 5.75 Å². The van der Waals surface area contributed by atoms with E-state index in [1.807, 2.05) is 44.2 Å². The lowest BCUT2D eigenvalue weighted by molar-refractivity contribution is -0.139. The van der Waals surface area contributed by atoms with Crippen molar-refractivity contribution in [3.05, 3.63) is 90.0 Å². The molecule has 0 aromatic heterocycles. The van der Waals surface area contributed by atoms with E-state index in [2.05, 4.69) is 5.32 Å². The lowest BCUT2D eigenvalue weighted by atomic mass is 10.1. The summed E-state index contributed by atoms with van der Waals surface area (Å²) >= 11 is 0. The van der Waals surface area contributed by atoms with Crippen LogP contribution in [0.4, 0.5) is 5.69 Å². The summed E-state index contributed by atoms with van der Waals surface area (Å²) in [5, 5.41) is 3.10. The highest BCUT2D eigenvalue weighted by molar-refractivity contribution is 7.92. The summed E-state index contributed by atoms with van der Waals surface area (Å²) in [6, 6.07) is 22.2. The van der Waals surface area contributed by atoms with Crippen LogP contribution in [-0.4, -0.2) is 56.9 Å². The second kappa shape index (κ2) is 14.4. The summed E-state index contributed by atoms with van der Waals surface area (Å²) in [7, 11) is -4.11. The number of amides is 2. The van der Waals surface area contributed by atoms with Gasteiger partial charge in [0.15, 0.2) is 0 Å². The number of hydrogen-bond acceptors (Lipinski definition) is 5. The molecular formula is C33H41N3O5S. The minimum atomic E-state index is -4.11. The van der Waals surface area contributed by atoms with E-state index in [1.165, 1.54) is 4.90 Å². The third kappa shape index (κ3) is 7.91. The van der Waals surface area contributed by atoms with Gasteiger partial charge in [0.05, 0.1) is 17.2 Å². The number of benzene rings is 3. The Morgan fingerprint density at radius 3 is 2.21 bits per heavy atom. The number of ether oxygens (including phenoxy) is 1. The molecule has 8 nitrogen and oxygen atoms in total. The number of nitrogens with one attached hydrogen (secondary N) is 1. The minimum absolute atomic E-state index is 0.0812. The van der Waals surface area contributed by atoms with Crippen LogP contribution in [0.1, 0.15) is 50.7 Å². The summed E-state index contributed by atoms with van der Waals surface area (Å²) in [6.07, 6.45) is 4.53. The van der Waals surface area contributed by atoms with E-state index in [4.69, 9.17) is 4.74 Å². The summed E-state index contributed by atoms with van der Waals surface area (Å²) in [4.78, 5) is 28.9. The Balaban J connectivity index is 1.64. The van der Waals surface area contributed by atoms with Gasteiger partial charge in [0.2, 0.25) is 11.8 Å². The third-order valence-electron chi connectivity index (χ3n) is 7.68. The predicted octanol–water partition coefficient (Wildman–Crippen LogP) is 5.11. The molecule has 0 saturated heterocycles. The fourth-order valence-electron chi connectivity index (χ4n) is 5.20. The Labute approximate surface area is 249 Å². The van der Waals surface area contributed by atoms with Crippen LogP contribution in [0.15, 0.2) is 83.8 Å². The average molecular weight is 592 g/mol. The zero-order chi connectivity index (χ0) is 30.1. The summed E-state index contributed by atoms with van der Waals surface area (Å²) in [6.45, 7) is 5.74. The first kappa shape index (κ1) is 31.1. The summed E-state index contributed by atoms with van der Waals surface area (Å²) in [5.74, 6) is -0.0798. The molecule has 0 radical (unpaired) electrons. The largest absolute Gasteiger partial charge is 0.494 e. The molecule has 1 fully saturated rings. The van der Waals surface area contributed by atoms with E-state index in [9.17, 15) is 18.0 Å². The van der Waals surface area contributed by atoms with Crippen LogP contribution in [0.25, 0.3) is 0 Å². The van der Waals surface area contributed by atoms with Crippen molar-refractivity contribution in [2.45, 2.75) is 69.9 Å². The van der Waals surface area contributed by atoms with Crippen molar-refractivity contribution in [2.24, 2.45) is 0 Å². The Morgan fingerprint density at radius 2 is 1.60 bits per heavy atom. The van der Waals surface area contributed by atoms with Gasteiger partial charge in [-0.15, -0.1) is 0 Å². The fraction of sp³-hybridized carbons (Fsp3) is 0.394. The molecule has 0 bridgehead atoms. The molecule has 0 aliphatic heterocycles. The molecular weight excluding hydrogens is 550 g/mol. The van der Waals surface area contributed by atoms with E-state index in [1.54, 1.807) is 55.5 Å². The standard InChI is InChI=1S/C33H41N3O5S/c1-4-41-30-18-16-29(17-19-30)36(42(39,40)31-20-14-25(2)15-21-31)24-32(37)35(23-22-27-10-6-5-7-11-27)26(3)33(38)34-28-12-8-9-13-28/h5-7,10-11,14-21,26,28H,4,8-9,12-13,22-24H2,1-3H3,(H,34,38)/t26-/m1/s1. The van der Waals surface area contributed by atoms with E-state index in [0.29, 0.717) is 24.5 Å². The van der Waals surface area contributed by atoms with Gasteiger partial charge in [0.25, 0.3) is 10.0 Å². The molecule has 9 heteroatoms. The number of rotatable bonds is 13. The second-order valence-electron chi connectivity index (χ2n) is 10.7. The summed E-state index contributed by atoms with van der Waals surface area (Å²) in [5.41, 5.74) is 2.28. The first-order valence-electron chi connectivity index (χ1n) is 14.6. The van der Waals surface area contributed by atoms with Crippen molar-refractivity contribution in [1.29, 1.82) is 0 Å². The lowest BCUT2D eigenvalue weighted by Crippen LogP contribution is -2.53. The molecule has 0 spiro atoms. The van der Waals surface area contributed by atoms with Crippen LogP contribution >= 0.6 is 0 Å². The Morgan fingerprint density at radius 1 is 0.952 bits per heavy atom. The molecule has 1 N–H and O–H groups in total. The number of hydrogen-bond donors (Lipinski definition) is 1. The molecule has 0 heterocycles. The van der Waals surface area contributed by atoms with Gasteiger partial charge < -0.3 is 15.0 Å². The van der Waals surface area contributed by atoms with Gasteiger partial charge in [-0.3, -0.25) is 13.9 Å². The molecule has 3 aromatic rings. The van der Waals surface area contributed by atoms with E-state index >= 15 is 0 Å². The molecule has 42 heavy (non-hydrogen) atoms. The minimum Gasteiger partial charge on any atom is -0.494 e. The second-order valence-corrected chi connectivity index (χ2v) is 12.6. The van der Waals surface area contributed by atoms with Gasteiger partial charge in [-0.25, -0.2) is 8.42 Å². The molecule has 1 aliphatic carbocycles. The summed E-state index contributed by atoms with van der Waals surface area (Å²) < 4.78 is 34.6. The average Bonchev–Trinajstić information content (AvgIpc) is 3.50. The van der Waals surface area contributed by atoms with Gasteiger partial charge in [0, 0.05) is 12.6 Å². The van der Waals surface area contributed by atoms with E-state index in [-0.39, 0.29) is 23.4 Å². The number of sulfonamides is 1. The maximum Gasteiger partial charge on any atom is 0.264 e. The van der Waals surface area contributed by atoms with Gasteiger partial charge in [0.1, 0.15) is 18.3 Å². The van der Waals surface area contributed by atoms with Crippen LogP contribution < -0.4 is 14.4 Å². The Bertz CT molecular complexity index is 1420. The maximum atomic E-state index is 14.0. The van der Waals surface area contributed by atoms with Crippen molar-refractivity contribution in [1.82, 2.24) is 10.2 Å². The number of aryl methyl sites for hydroxylation is 1. The van der Waals surface area contributed by atoms with Crippen LogP contribution in [0.3, 0.4) is 0 Å². The van der Waals surface area contributed by atoms with Gasteiger partial charge in [-0.05, 0) is 82.0 Å². The molecule has 2 amide bonds. The van der Waals surface area contributed by atoms with E-state index in [0.717, 1.165) is 41.1 Å². The van der Waals surface area contributed by atoms with E-state index < -0.39 is 28.5 Å². The van der Waals surface area contributed by atoms with Crippen molar-refractivity contribution in [2.75, 3.05) is 24.0 Å². The molecule has 1 saturated carbocycles. The Hall–Kier alpha value is -3.85. The highest BCUT2D eigenvalue weighted by Gasteiger charge is 2.33. The zero-order valence-corrected chi connectivity index (χ0v) is 25.5. The predicted molar refractivity (Wildman–Crippen MR) is 165 cm³/mol. The monoisotopic (exact) mass is 591 g/mol. The molecule has 1 aliphatic rings. The highest BCUT2D eigenvalue weighted by atomic mass is 32.2. The maximum absolute atomic E-state index is 14.0. The zero-order valence-electron chi connectivity index (χ0n) is 24.7. The molecule has 1 atom stereocenters. The Kier molecular flexibility index (Phi) is 10.6. The highest BCUT2D eigenvalue weighted by Crippen LogP contribution is 2.27. The molecule has 4 rings (SSSR count). The van der Waals surface area contributed by atoms with Crippen LogP contribution in [0, 0.1) is 6.92 Å². The number of carbonyl (C=O) groups is 2. The number of carbonyl (C=O) groups excluding carboxylic acids is 2. The normalized spacial score (nSPS) is 14.3. The SMILES string of the molecule is CCOc1ccc(N(CC(=O)N(CCc2ccccc2)[C@H](C)C(=O)NC2CCCC2)S(=O)(=O)c2ccc(C)cc2)cc1. The topological polar surface area (TPSA) is 96.0 Å². The van der Waals surface area contributed by atoms with Gasteiger partial charge in [-0.2, -0.15) is 0 Å². The number of anilines is 1. The first-order valence-corrected chi connectivity index (χ1v) is 16.1. The van der Waals surface area contributed by atoms with Crippen LogP contribution in [-0.2, 0) is 26.0 Å². The van der Waals surface area contributed by atoms with Crippen molar-refractivity contribution >= 4 is 27.5 Å². The van der Waals surface area contributed by atoms with Crippen LogP contribution in [0.2, 0.25) is 0 Å². The molecule has 3 aromatic carbocycles. The van der Waals surface area contributed by atoms with Crippen molar-refractivity contribution in [3.63, 3.8) is 0 Å². The van der Waals surface area contributed by atoms with Crippen molar-refractivity contribution < 1.29 is 22.7 Å². The van der Waals surface area contributed by atoms with Crippen LogP contribution in [0.5, 0.6) is 5.75 Å². The fourth-order valence-corrected chi connectivity index (χ4v) is 6.62. The smallest absolute Gasteiger partial charge is 0.264 e. The number of nitrogens with zero attached hydrogens (tertiary/aromatic N) is 2. The third-order valence-corrected chi connectivity index (χ3v) is 9.46. The molecule has 224 valence electrons.